The molecule has 4 rings (SSSR count). The molecule has 2 heterocycles. The highest BCUT2D eigenvalue weighted by atomic mass is 35.5. The van der Waals surface area contributed by atoms with Crippen molar-refractivity contribution < 1.29 is 32.0 Å². The average Bonchev–Trinajstić information content (AvgIpc) is 3.44. The predicted molar refractivity (Wildman–Crippen MR) is 122 cm³/mol. The SMILES string of the molecule is COC(=O)c1ccc(N2C(=O)CC(N(Cc3ccco3)S(=O)(=O)c3ccc(Cl)cc3)C2=O)cc1. The lowest BCUT2D eigenvalue weighted by Gasteiger charge is -2.26. The van der Waals surface area contributed by atoms with Gasteiger partial charge >= 0.3 is 5.97 Å². The fourth-order valence-electron chi connectivity index (χ4n) is 3.64. The first-order chi connectivity index (χ1) is 16.2. The number of sulfonamides is 1. The number of ether oxygens (including phenoxy) is 1. The Labute approximate surface area is 200 Å². The summed E-state index contributed by atoms with van der Waals surface area (Å²) in [5.41, 5.74) is 0.457. The molecule has 1 aromatic heterocycles. The lowest BCUT2D eigenvalue weighted by atomic mass is 10.2. The van der Waals surface area contributed by atoms with Gasteiger partial charge in [-0.05, 0) is 60.7 Å². The minimum atomic E-state index is -4.21. The zero-order valence-electron chi connectivity index (χ0n) is 17.9. The third-order valence-corrected chi connectivity index (χ3v) is 7.45. The van der Waals surface area contributed by atoms with E-state index in [0.717, 1.165) is 9.21 Å². The molecule has 0 saturated carbocycles. The first-order valence-corrected chi connectivity index (χ1v) is 11.9. The van der Waals surface area contributed by atoms with Crippen LogP contribution in [0.5, 0.6) is 0 Å². The summed E-state index contributed by atoms with van der Waals surface area (Å²) in [5.74, 6) is -1.54. The summed E-state index contributed by atoms with van der Waals surface area (Å²) in [4.78, 5) is 38.7. The molecule has 0 radical (unpaired) electrons. The topological polar surface area (TPSA) is 114 Å². The van der Waals surface area contributed by atoms with Crippen molar-refractivity contribution in [3.63, 3.8) is 0 Å². The zero-order chi connectivity index (χ0) is 24.5. The molecule has 9 nitrogen and oxygen atoms in total. The maximum Gasteiger partial charge on any atom is 0.337 e. The van der Waals surface area contributed by atoms with Gasteiger partial charge in [0.1, 0.15) is 11.8 Å². The lowest BCUT2D eigenvalue weighted by Crippen LogP contribution is -2.45. The highest BCUT2D eigenvalue weighted by molar-refractivity contribution is 7.89. The number of anilines is 1. The normalized spacial score (nSPS) is 16.3. The second-order valence-electron chi connectivity index (χ2n) is 7.41. The number of furan rings is 1. The predicted octanol–water partition coefficient (Wildman–Crippen LogP) is 3.24. The van der Waals surface area contributed by atoms with E-state index in [9.17, 15) is 22.8 Å². The number of methoxy groups -OCH3 is 1. The molecule has 1 fully saturated rings. The van der Waals surface area contributed by atoms with Gasteiger partial charge in [-0.25, -0.2) is 18.1 Å². The van der Waals surface area contributed by atoms with E-state index in [0.29, 0.717) is 10.8 Å². The van der Waals surface area contributed by atoms with Gasteiger partial charge in [0.25, 0.3) is 5.91 Å². The number of amides is 2. The number of nitrogens with zero attached hydrogens (tertiary/aromatic N) is 2. The van der Waals surface area contributed by atoms with Crippen LogP contribution in [-0.4, -0.2) is 43.7 Å². The molecule has 1 unspecified atom stereocenters. The second kappa shape index (κ2) is 9.41. The van der Waals surface area contributed by atoms with Crippen molar-refractivity contribution in [1.82, 2.24) is 4.31 Å². The molecular formula is C23H19ClN2O7S. The van der Waals surface area contributed by atoms with Gasteiger partial charge in [-0.15, -0.1) is 0 Å². The number of benzene rings is 2. The van der Waals surface area contributed by atoms with Crippen LogP contribution in [0.2, 0.25) is 5.02 Å². The van der Waals surface area contributed by atoms with Crippen molar-refractivity contribution in [3.05, 3.63) is 83.3 Å². The van der Waals surface area contributed by atoms with E-state index >= 15 is 0 Å². The van der Waals surface area contributed by atoms with Crippen LogP contribution in [0.15, 0.2) is 76.2 Å². The van der Waals surface area contributed by atoms with E-state index in [4.69, 9.17) is 16.0 Å². The van der Waals surface area contributed by atoms with Crippen molar-refractivity contribution in [3.8, 4) is 0 Å². The summed E-state index contributed by atoms with van der Waals surface area (Å²) < 4.78 is 37.9. The van der Waals surface area contributed by atoms with Crippen LogP contribution in [0.3, 0.4) is 0 Å². The largest absolute Gasteiger partial charge is 0.468 e. The molecule has 2 aromatic carbocycles. The third-order valence-electron chi connectivity index (χ3n) is 5.33. The molecule has 2 amide bonds. The molecule has 1 saturated heterocycles. The Morgan fingerprint density at radius 2 is 1.79 bits per heavy atom. The van der Waals surface area contributed by atoms with Crippen LogP contribution >= 0.6 is 11.6 Å². The number of hydrogen-bond acceptors (Lipinski definition) is 7. The molecular weight excluding hydrogens is 484 g/mol. The van der Waals surface area contributed by atoms with E-state index < -0.39 is 33.8 Å². The smallest absolute Gasteiger partial charge is 0.337 e. The van der Waals surface area contributed by atoms with Gasteiger partial charge in [-0.3, -0.25) is 9.59 Å². The van der Waals surface area contributed by atoms with Crippen LogP contribution in [0.1, 0.15) is 22.5 Å². The summed E-state index contributed by atoms with van der Waals surface area (Å²) in [6.45, 7) is -0.253. The lowest BCUT2D eigenvalue weighted by molar-refractivity contribution is -0.122. The Kier molecular flexibility index (Phi) is 6.56. The summed E-state index contributed by atoms with van der Waals surface area (Å²) in [5, 5.41) is 0.352. The highest BCUT2D eigenvalue weighted by Gasteiger charge is 2.47. The molecule has 176 valence electrons. The number of halogens is 1. The zero-order valence-corrected chi connectivity index (χ0v) is 19.5. The molecule has 3 aromatic rings. The number of rotatable bonds is 7. The molecule has 0 bridgehead atoms. The molecule has 1 aliphatic rings. The van der Waals surface area contributed by atoms with Crippen LogP contribution in [0, 0.1) is 0 Å². The Bertz CT molecular complexity index is 1320. The molecule has 11 heteroatoms. The van der Waals surface area contributed by atoms with Gasteiger partial charge in [-0.1, -0.05) is 11.6 Å². The fraction of sp³-hybridized carbons (Fsp3) is 0.174. The quantitative estimate of drug-likeness (QED) is 0.360. The Morgan fingerprint density at radius 3 is 2.38 bits per heavy atom. The number of carbonyl (C=O) groups excluding carboxylic acids is 3. The molecule has 0 N–H and O–H groups in total. The van der Waals surface area contributed by atoms with E-state index in [1.54, 1.807) is 12.1 Å². The average molecular weight is 503 g/mol. The number of imide groups is 1. The first-order valence-electron chi connectivity index (χ1n) is 10.1. The summed E-state index contributed by atoms with van der Waals surface area (Å²) in [6, 6.07) is 13.1. The van der Waals surface area contributed by atoms with Gasteiger partial charge in [0.15, 0.2) is 0 Å². The highest BCUT2D eigenvalue weighted by Crippen LogP contribution is 2.31. The van der Waals surface area contributed by atoms with Gasteiger partial charge in [0, 0.05) is 5.02 Å². The second-order valence-corrected chi connectivity index (χ2v) is 9.74. The Morgan fingerprint density at radius 1 is 1.12 bits per heavy atom. The number of esters is 1. The van der Waals surface area contributed by atoms with Gasteiger partial charge < -0.3 is 9.15 Å². The molecule has 0 spiro atoms. The monoisotopic (exact) mass is 502 g/mol. The number of carbonyl (C=O) groups is 3. The first kappa shape index (κ1) is 23.7. The van der Waals surface area contributed by atoms with Crippen LogP contribution < -0.4 is 4.90 Å². The van der Waals surface area contributed by atoms with E-state index in [-0.39, 0.29) is 29.1 Å². The minimum Gasteiger partial charge on any atom is -0.468 e. The maximum atomic E-state index is 13.5. The summed E-state index contributed by atoms with van der Waals surface area (Å²) in [7, 11) is -2.97. The van der Waals surface area contributed by atoms with Crippen molar-refractivity contribution >= 4 is 45.1 Å². The standard InChI is InChI=1S/C23H19ClN2O7S/c1-32-23(29)15-4-8-17(9-5-15)26-21(27)13-20(22(26)28)25(14-18-3-2-12-33-18)34(30,31)19-10-6-16(24)7-11-19/h2-12,20H,13-14H2,1H3. The van der Waals surface area contributed by atoms with Crippen molar-refractivity contribution in [2.45, 2.75) is 23.9 Å². The van der Waals surface area contributed by atoms with Gasteiger partial charge in [-0.2, -0.15) is 4.31 Å². The van der Waals surface area contributed by atoms with Gasteiger partial charge in [0.2, 0.25) is 15.9 Å². The van der Waals surface area contributed by atoms with Crippen molar-refractivity contribution in [2.75, 3.05) is 12.0 Å². The van der Waals surface area contributed by atoms with Crippen molar-refractivity contribution in [2.24, 2.45) is 0 Å². The van der Waals surface area contributed by atoms with Gasteiger partial charge in [0.05, 0.1) is 42.5 Å². The maximum absolute atomic E-state index is 13.5. The minimum absolute atomic E-state index is 0.0791. The molecule has 34 heavy (non-hydrogen) atoms. The van der Waals surface area contributed by atoms with Crippen LogP contribution in [0.4, 0.5) is 5.69 Å². The molecule has 1 aliphatic heterocycles. The van der Waals surface area contributed by atoms with Crippen LogP contribution in [0.25, 0.3) is 0 Å². The van der Waals surface area contributed by atoms with E-state index in [2.05, 4.69) is 4.74 Å². The van der Waals surface area contributed by atoms with E-state index in [1.807, 2.05) is 0 Å². The Hall–Kier alpha value is -3.47. The summed E-state index contributed by atoms with van der Waals surface area (Å²) >= 11 is 5.89. The fourth-order valence-corrected chi connectivity index (χ4v) is 5.31. The number of hydrogen-bond donors (Lipinski definition) is 0. The summed E-state index contributed by atoms with van der Waals surface area (Å²) in [6.07, 6.45) is 1.03. The van der Waals surface area contributed by atoms with E-state index in [1.165, 1.54) is 61.9 Å². The molecule has 1 atom stereocenters. The molecule has 0 aliphatic carbocycles. The van der Waals surface area contributed by atoms with Crippen LogP contribution in [-0.2, 0) is 30.9 Å². The van der Waals surface area contributed by atoms with Crippen molar-refractivity contribution in [1.29, 1.82) is 0 Å². The Balaban J connectivity index is 1.69. The third kappa shape index (κ3) is 4.47.